The van der Waals surface area contributed by atoms with E-state index in [0.29, 0.717) is 13.2 Å². The van der Waals surface area contributed by atoms with Gasteiger partial charge in [0.05, 0.1) is 24.5 Å². The first kappa shape index (κ1) is 14.0. The summed E-state index contributed by atoms with van der Waals surface area (Å²) in [6.45, 7) is 0.868. The van der Waals surface area contributed by atoms with Gasteiger partial charge in [0, 0.05) is 13.6 Å². The Balaban J connectivity index is 2.21. The van der Waals surface area contributed by atoms with Gasteiger partial charge in [-0.1, -0.05) is 6.07 Å². The van der Waals surface area contributed by atoms with Gasteiger partial charge in [-0.15, -0.1) is 0 Å². The Hall–Kier alpha value is -1.44. The summed E-state index contributed by atoms with van der Waals surface area (Å²) in [5.41, 5.74) is 1.86. The van der Waals surface area contributed by atoms with Crippen molar-refractivity contribution in [2.75, 3.05) is 13.6 Å². The van der Waals surface area contributed by atoms with Crippen molar-refractivity contribution >= 4 is 16.0 Å². The van der Waals surface area contributed by atoms with Crippen molar-refractivity contribution in [2.24, 2.45) is 0 Å². The van der Waals surface area contributed by atoms with Crippen LogP contribution in [0, 0.1) is 0 Å². The molecule has 104 valence electrons. The van der Waals surface area contributed by atoms with Gasteiger partial charge < -0.3 is 9.84 Å². The van der Waals surface area contributed by atoms with E-state index in [9.17, 15) is 13.2 Å². The molecule has 0 fully saturated rings. The first-order chi connectivity index (χ1) is 8.91. The summed E-state index contributed by atoms with van der Waals surface area (Å²) in [4.78, 5) is 10.7. The summed E-state index contributed by atoms with van der Waals surface area (Å²) in [6.07, 6.45) is -0.218. The molecule has 1 aromatic carbocycles. The summed E-state index contributed by atoms with van der Waals surface area (Å²) in [6, 6.07) is 4.86. The molecule has 19 heavy (non-hydrogen) atoms. The standard InChI is InChI=1S/C12H15NO5S/c1-13(5-4-12(14)15)19(16,17)11-3-2-9-7-18-8-10(9)6-11/h2-3,6H,4-5,7-8H2,1H3,(H,14,15). The number of hydrogen-bond acceptors (Lipinski definition) is 4. The molecule has 0 atom stereocenters. The topological polar surface area (TPSA) is 83.9 Å². The van der Waals surface area contributed by atoms with Crippen molar-refractivity contribution in [1.82, 2.24) is 4.31 Å². The lowest BCUT2D eigenvalue weighted by Gasteiger charge is -2.16. The van der Waals surface area contributed by atoms with Crippen LogP contribution in [0.4, 0.5) is 0 Å². The van der Waals surface area contributed by atoms with E-state index in [1.165, 1.54) is 13.1 Å². The Morgan fingerprint density at radius 1 is 1.37 bits per heavy atom. The molecule has 1 N–H and O–H groups in total. The van der Waals surface area contributed by atoms with Crippen molar-refractivity contribution in [3.05, 3.63) is 29.3 Å². The monoisotopic (exact) mass is 285 g/mol. The van der Waals surface area contributed by atoms with Crippen molar-refractivity contribution in [2.45, 2.75) is 24.5 Å². The van der Waals surface area contributed by atoms with Crippen LogP contribution >= 0.6 is 0 Å². The lowest BCUT2D eigenvalue weighted by Crippen LogP contribution is -2.29. The number of carboxylic acids is 1. The van der Waals surface area contributed by atoms with E-state index in [1.807, 2.05) is 0 Å². The fourth-order valence-corrected chi connectivity index (χ4v) is 3.08. The maximum absolute atomic E-state index is 12.2. The van der Waals surface area contributed by atoms with Crippen LogP contribution in [0.25, 0.3) is 0 Å². The maximum Gasteiger partial charge on any atom is 0.304 e. The smallest absolute Gasteiger partial charge is 0.304 e. The number of sulfonamides is 1. The number of ether oxygens (including phenoxy) is 1. The fraction of sp³-hybridized carbons (Fsp3) is 0.417. The molecule has 1 heterocycles. The second kappa shape index (κ2) is 5.28. The average molecular weight is 285 g/mol. The quantitative estimate of drug-likeness (QED) is 0.865. The van der Waals surface area contributed by atoms with Crippen LogP contribution in [0.2, 0.25) is 0 Å². The zero-order valence-corrected chi connectivity index (χ0v) is 11.3. The zero-order chi connectivity index (χ0) is 14.0. The van der Waals surface area contributed by atoms with E-state index >= 15 is 0 Å². The van der Waals surface area contributed by atoms with Gasteiger partial charge >= 0.3 is 5.97 Å². The van der Waals surface area contributed by atoms with E-state index in [2.05, 4.69) is 0 Å². The molecule has 0 spiro atoms. The molecule has 0 radical (unpaired) electrons. The highest BCUT2D eigenvalue weighted by Crippen LogP contribution is 2.24. The third-order valence-corrected chi connectivity index (χ3v) is 4.89. The third kappa shape index (κ3) is 2.94. The lowest BCUT2D eigenvalue weighted by atomic mass is 10.1. The van der Waals surface area contributed by atoms with Crippen LogP contribution in [0.15, 0.2) is 23.1 Å². The molecule has 0 bridgehead atoms. The van der Waals surface area contributed by atoms with Gasteiger partial charge in [-0.2, -0.15) is 0 Å². The molecule has 0 saturated heterocycles. The molecule has 1 aromatic rings. The van der Waals surface area contributed by atoms with Crippen molar-refractivity contribution in [1.29, 1.82) is 0 Å². The fourth-order valence-electron chi connectivity index (χ4n) is 1.86. The normalized spacial score (nSPS) is 14.6. The second-order valence-corrected chi connectivity index (χ2v) is 6.44. The molecule has 0 aliphatic carbocycles. The molecule has 0 amide bonds. The Morgan fingerprint density at radius 2 is 2.05 bits per heavy atom. The number of carboxylic acid groups (broad SMARTS) is 1. The number of nitrogens with zero attached hydrogens (tertiary/aromatic N) is 1. The van der Waals surface area contributed by atoms with Crippen LogP contribution in [-0.4, -0.2) is 37.4 Å². The highest BCUT2D eigenvalue weighted by Gasteiger charge is 2.23. The molecular weight excluding hydrogens is 270 g/mol. The number of benzene rings is 1. The summed E-state index contributed by atoms with van der Waals surface area (Å²) < 4.78 is 30.8. The molecule has 7 heteroatoms. The van der Waals surface area contributed by atoms with Crippen molar-refractivity contribution < 1.29 is 23.1 Å². The first-order valence-electron chi connectivity index (χ1n) is 5.79. The number of rotatable bonds is 5. The van der Waals surface area contributed by atoms with Crippen LogP contribution in [0.3, 0.4) is 0 Å². The number of aliphatic carboxylic acids is 1. The molecule has 6 nitrogen and oxygen atoms in total. The predicted molar refractivity (Wildman–Crippen MR) is 67.0 cm³/mol. The molecule has 1 aliphatic heterocycles. The Kier molecular flexibility index (Phi) is 3.88. The van der Waals surface area contributed by atoms with Gasteiger partial charge in [-0.05, 0) is 23.3 Å². The summed E-state index contributed by atoms with van der Waals surface area (Å²) in [5, 5.41) is 8.59. The van der Waals surface area contributed by atoms with Gasteiger partial charge in [-0.3, -0.25) is 4.79 Å². The Labute approximate surface area is 111 Å². The van der Waals surface area contributed by atoms with E-state index in [-0.39, 0.29) is 17.9 Å². The van der Waals surface area contributed by atoms with E-state index in [4.69, 9.17) is 9.84 Å². The highest BCUT2D eigenvalue weighted by molar-refractivity contribution is 7.89. The minimum atomic E-state index is -3.64. The molecular formula is C12H15NO5S. The Bertz CT molecular complexity index is 596. The summed E-state index contributed by atoms with van der Waals surface area (Å²) >= 11 is 0. The van der Waals surface area contributed by atoms with Gasteiger partial charge in [0.25, 0.3) is 0 Å². The molecule has 0 saturated carbocycles. The summed E-state index contributed by atoms with van der Waals surface area (Å²) in [5.74, 6) is -1.02. The second-order valence-electron chi connectivity index (χ2n) is 4.39. The maximum atomic E-state index is 12.2. The van der Waals surface area contributed by atoms with Gasteiger partial charge in [0.2, 0.25) is 10.0 Å². The predicted octanol–water partition coefficient (Wildman–Crippen LogP) is 0.812. The van der Waals surface area contributed by atoms with Crippen molar-refractivity contribution in [3.8, 4) is 0 Å². The number of fused-ring (bicyclic) bond motifs is 1. The first-order valence-corrected chi connectivity index (χ1v) is 7.23. The molecule has 1 aliphatic rings. The van der Waals surface area contributed by atoms with Gasteiger partial charge in [-0.25, -0.2) is 12.7 Å². The van der Waals surface area contributed by atoms with E-state index < -0.39 is 16.0 Å². The minimum absolute atomic E-state index is 0.0503. The summed E-state index contributed by atoms with van der Waals surface area (Å²) in [7, 11) is -2.26. The van der Waals surface area contributed by atoms with Crippen molar-refractivity contribution in [3.63, 3.8) is 0 Å². The van der Waals surface area contributed by atoms with Crippen LogP contribution in [0.5, 0.6) is 0 Å². The largest absolute Gasteiger partial charge is 0.481 e. The van der Waals surface area contributed by atoms with Gasteiger partial charge in [0.1, 0.15) is 0 Å². The van der Waals surface area contributed by atoms with E-state index in [1.54, 1.807) is 12.1 Å². The highest BCUT2D eigenvalue weighted by atomic mass is 32.2. The lowest BCUT2D eigenvalue weighted by molar-refractivity contribution is -0.137. The van der Waals surface area contributed by atoms with E-state index in [0.717, 1.165) is 15.4 Å². The molecule has 0 unspecified atom stereocenters. The van der Waals surface area contributed by atoms with Crippen LogP contribution in [0.1, 0.15) is 17.5 Å². The minimum Gasteiger partial charge on any atom is -0.481 e. The molecule has 2 rings (SSSR count). The van der Waals surface area contributed by atoms with Crippen LogP contribution < -0.4 is 0 Å². The number of hydrogen-bond donors (Lipinski definition) is 1. The third-order valence-electron chi connectivity index (χ3n) is 3.04. The Morgan fingerprint density at radius 3 is 2.74 bits per heavy atom. The van der Waals surface area contributed by atoms with Crippen LogP contribution in [-0.2, 0) is 32.8 Å². The molecule has 0 aromatic heterocycles. The average Bonchev–Trinajstić information content (AvgIpc) is 2.82. The SMILES string of the molecule is CN(CCC(=O)O)S(=O)(=O)c1ccc2c(c1)COC2. The van der Waals surface area contributed by atoms with Gasteiger partial charge in [0.15, 0.2) is 0 Å². The number of carbonyl (C=O) groups is 1. The zero-order valence-electron chi connectivity index (χ0n) is 10.5.